The molecule has 0 aliphatic heterocycles. The Morgan fingerprint density at radius 1 is 1.47 bits per heavy atom. The van der Waals surface area contributed by atoms with Crippen LogP contribution in [0, 0.1) is 0 Å². The predicted octanol–water partition coefficient (Wildman–Crippen LogP) is 0.510. The van der Waals surface area contributed by atoms with Crippen LogP contribution in [-0.2, 0) is 16.1 Å². The van der Waals surface area contributed by atoms with Crippen molar-refractivity contribution in [2.24, 2.45) is 0 Å². The number of amides is 1. The number of nitrogens with two attached hydrogens (primary N) is 1. The van der Waals surface area contributed by atoms with E-state index in [-0.39, 0.29) is 24.8 Å². The zero-order valence-corrected chi connectivity index (χ0v) is 11.5. The first-order valence-corrected chi connectivity index (χ1v) is 6.23. The average molecular weight is 268 g/mol. The normalized spacial score (nSPS) is 10.3. The third-order valence-corrected chi connectivity index (χ3v) is 2.67. The zero-order chi connectivity index (χ0) is 14.4. The van der Waals surface area contributed by atoms with Crippen LogP contribution >= 0.6 is 0 Å². The third-order valence-electron chi connectivity index (χ3n) is 2.67. The summed E-state index contributed by atoms with van der Waals surface area (Å²) in [6.45, 7) is 4.80. The fourth-order valence-corrected chi connectivity index (χ4v) is 1.65. The Bertz CT molecular complexity index is 456. The van der Waals surface area contributed by atoms with Crippen molar-refractivity contribution in [3.8, 4) is 0 Å². The number of carbonyl (C=O) groups excluding carboxylic acids is 2. The molecule has 1 aromatic heterocycles. The highest BCUT2D eigenvalue weighted by atomic mass is 16.5. The molecule has 106 valence electrons. The molecule has 0 aliphatic rings. The standard InChI is InChI=1S/C12H20N4O3/c1-4-16-11(9(13)8-14-16)12(18)15(3)7-6-10(17)19-5-2/h8H,4-7,13H2,1-3H3. The topological polar surface area (TPSA) is 90.4 Å². The van der Waals surface area contributed by atoms with Gasteiger partial charge in [0.25, 0.3) is 5.91 Å². The van der Waals surface area contributed by atoms with E-state index in [4.69, 9.17) is 10.5 Å². The van der Waals surface area contributed by atoms with Crippen molar-refractivity contribution in [2.45, 2.75) is 26.8 Å². The van der Waals surface area contributed by atoms with Crippen LogP contribution in [0.5, 0.6) is 0 Å². The fourth-order valence-electron chi connectivity index (χ4n) is 1.65. The van der Waals surface area contributed by atoms with E-state index in [0.29, 0.717) is 24.5 Å². The molecule has 0 spiro atoms. The predicted molar refractivity (Wildman–Crippen MR) is 70.5 cm³/mol. The van der Waals surface area contributed by atoms with Crippen LogP contribution in [0.1, 0.15) is 30.8 Å². The molecule has 0 radical (unpaired) electrons. The van der Waals surface area contributed by atoms with Crippen molar-refractivity contribution >= 4 is 17.6 Å². The number of aryl methyl sites for hydroxylation is 1. The van der Waals surface area contributed by atoms with Crippen LogP contribution in [0.4, 0.5) is 5.69 Å². The van der Waals surface area contributed by atoms with Gasteiger partial charge in [-0.1, -0.05) is 0 Å². The van der Waals surface area contributed by atoms with Crippen molar-refractivity contribution in [1.82, 2.24) is 14.7 Å². The van der Waals surface area contributed by atoms with Gasteiger partial charge >= 0.3 is 5.97 Å². The molecular weight excluding hydrogens is 248 g/mol. The number of nitrogen functional groups attached to an aromatic ring is 1. The van der Waals surface area contributed by atoms with Crippen LogP contribution in [-0.4, -0.2) is 46.8 Å². The maximum absolute atomic E-state index is 12.2. The van der Waals surface area contributed by atoms with Crippen molar-refractivity contribution in [1.29, 1.82) is 0 Å². The summed E-state index contributed by atoms with van der Waals surface area (Å²) < 4.78 is 6.35. The highest BCUT2D eigenvalue weighted by Crippen LogP contribution is 2.13. The highest BCUT2D eigenvalue weighted by molar-refractivity contribution is 5.97. The van der Waals surface area contributed by atoms with Crippen LogP contribution in [0.15, 0.2) is 6.20 Å². The summed E-state index contributed by atoms with van der Waals surface area (Å²) in [5.41, 5.74) is 6.43. The molecular formula is C12H20N4O3. The summed E-state index contributed by atoms with van der Waals surface area (Å²) in [5, 5.41) is 4.01. The summed E-state index contributed by atoms with van der Waals surface area (Å²) >= 11 is 0. The number of nitrogens with zero attached hydrogens (tertiary/aromatic N) is 3. The number of carbonyl (C=O) groups is 2. The molecule has 1 amide bonds. The molecule has 1 aromatic rings. The lowest BCUT2D eigenvalue weighted by Crippen LogP contribution is -2.31. The molecule has 1 rings (SSSR count). The molecule has 0 fully saturated rings. The van der Waals surface area contributed by atoms with Gasteiger partial charge in [-0.2, -0.15) is 5.10 Å². The monoisotopic (exact) mass is 268 g/mol. The number of rotatable bonds is 6. The van der Waals surface area contributed by atoms with Crippen LogP contribution in [0.2, 0.25) is 0 Å². The fraction of sp³-hybridized carbons (Fsp3) is 0.583. The second kappa shape index (κ2) is 6.77. The van der Waals surface area contributed by atoms with Crippen molar-refractivity contribution in [2.75, 3.05) is 25.9 Å². The van der Waals surface area contributed by atoms with E-state index in [1.165, 1.54) is 11.1 Å². The first-order valence-electron chi connectivity index (χ1n) is 6.23. The molecule has 7 heteroatoms. The molecule has 0 atom stereocenters. The summed E-state index contributed by atoms with van der Waals surface area (Å²) in [5.74, 6) is -0.569. The Kier molecular flexibility index (Phi) is 5.35. The van der Waals surface area contributed by atoms with Gasteiger partial charge in [0.2, 0.25) is 0 Å². The molecule has 0 saturated carbocycles. The Morgan fingerprint density at radius 2 is 2.16 bits per heavy atom. The van der Waals surface area contributed by atoms with Crippen LogP contribution in [0.25, 0.3) is 0 Å². The van der Waals surface area contributed by atoms with Gasteiger partial charge < -0.3 is 15.4 Å². The molecule has 0 aromatic carbocycles. The Morgan fingerprint density at radius 3 is 2.74 bits per heavy atom. The zero-order valence-electron chi connectivity index (χ0n) is 11.5. The molecule has 0 aliphatic carbocycles. The highest BCUT2D eigenvalue weighted by Gasteiger charge is 2.20. The Labute approximate surface area is 112 Å². The average Bonchev–Trinajstić information content (AvgIpc) is 2.76. The summed E-state index contributed by atoms with van der Waals surface area (Å²) in [6.07, 6.45) is 1.62. The maximum atomic E-state index is 12.2. The van der Waals surface area contributed by atoms with Gasteiger partial charge in [0.15, 0.2) is 0 Å². The summed E-state index contributed by atoms with van der Waals surface area (Å²) in [4.78, 5) is 24.9. The molecule has 0 saturated heterocycles. The smallest absolute Gasteiger partial charge is 0.307 e. The van der Waals surface area contributed by atoms with Crippen LogP contribution in [0.3, 0.4) is 0 Å². The van der Waals surface area contributed by atoms with Crippen LogP contribution < -0.4 is 5.73 Å². The minimum atomic E-state index is -0.320. The van der Waals surface area contributed by atoms with Crippen molar-refractivity contribution in [3.63, 3.8) is 0 Å². The second-order valence-electron chi connectivity index (χ2n) is 4.05. The first kappa shape index (κ1) is 15.0. The van der Waals surface area contributed by atoms with E-state index >= 15 is 0 Å². The summed E-state index contributed by atoms with van der Waals surface area (Å²) in [7, 11) is 1.62. The molecule has 2 N–H and O–H groups in total. The lowest BCUT2D eigenvalue weighted by Gasteiger charge is -2.17. The first-order chi connectivity index (χ1) is 9.01. The number of anilines is 1. The quantitative estimate of drug-likeness (QED) is 0.759. The number of hydrogen-bond donors (Lipinski definition) is 1. The van der Waals surface area contributed by atoms with E-state index in [9.17, 15) is 9.59 Å². The van der Waals surface area contributed by atoms with E-state index in [0.717, 1.165) is 0 Å². The van der Waals surface area contributed by atoms with Crippen molar-refractivity contribution < 1.29 is 14.3 Å². The van der Waals surface area contributed by atoms with E-state index < -0.39 is 0 Å². The number of aromatic nitrogens is 2. The van der Waals surface area contributed by atoms with Gasteiger partial charge in [0, 0.05) is 20.1 Å². The maximum Gasteiger partial charge on any atom is 0.307 e. The molecule has 1 heterocycles. The van der Waals surface area contributed by atoms with Gasteiger partial charge in [-0.05, 0) is 13.8 Å². The SMILES string of the molecule is CCOC(=O)CCN(C)C(=O)c1c(N)cnn1CC. The Balaban J connectivity index is 2.66. The van der Waals surface area contributed by atoms with E-state index in [1.807, 2.05) is 6.92 Å². The van der Waals surface area contributed by atoms with Crippen molar-refractivity contribution in [3.05, 3.63) is 11.9 Å². The number of esters is 1. The van der Waals surface area contributed by atoms with E-state index in [2.05, 4.69) is 5.10 Å². The molecule has 0 unspecified atom stereocenters. The lowest BCUT2D eigenvalue weighted by atomic mass is 10.3. The second-order valence-corrected chi connectivity index (χ2v) is 4.05. The number of ether oxygens (including phenoxy) is 1. The van der Waals surface area contributed by atoms with Gasteiger partial charge in [-0.3, -0.25) is 14.3 Å². The van der Waals surface area contributed by atoms with Gasteiger partial charge in [0.1, 0.15) is 5.69 Å². The minimum Gasteiger partial charge on any atom is -0.466 e. The van der Waals surface area contributed by atoms with E-state index in [1.54, 1.807) is 18.7 Å². The van der Waals surface area contributed by atoms with Gasteiger partial charge in [0.05, 0.1) is 24.9 Å². The molecule has 7 nitrogen and oxygen atoms in total. The van der Waals surface area contributed by atoms with Gasteiger partial charge in [-0.25, -0.2) is 0 Å². The largest absolute Gasteiger partial charge is 0.466 e. The number of hydrogen-bond acceptors (Lipinski definition) is 5. The summed E-state index contributed by atoms with van der Waals surface area (Å²) in [6, 6.07) is 0. The Hall–Kier alpha value is -2.05. The lowest BCUT2D eigenvalue weighted by molar-refractivity contribution is -0.143. The molecule has 19 heavy (non-hydrogen) atoms. The minimum absolute atomic E-state index is 0.163. The molecule has 0 bridgehead atoms. The third kappa shape index (κ3) is 3.70. The van der Waals surface area contributed by atoms with Gasteiger partial charge in [-0.15, -0.1) is 0 Å².